The second-order valence-electron chi connectivity index (χ2n) is 4.33. The number of rotatable bonds is 7. The zero-order valence-corrected chi connectivity index (χ0v) is 13.5. The van der Waals surface area contributed by atoms with E-state index in [2.05, 4.69) is 26.3 Å². The molecule has 1 aromatic carbocycles. The van der Waals surface area contributed by atoms with Crippen molar-refractivity contribution in [1.29, 1.82) is 0 Å². The van der Waals surface area contributed by atoms with Gasteiger partial charge in [-0.05, 0) is 49.4 Å². The van der Waals surface area contributed by atoms with E-state index in [0.717, 1.165) is 10.0 Å². The van der Waals surface area contributed by atoms with E-state index < -0.39 is 5.97 Å². The zero-order valence-electron chi connectivity index (χ0n) is 11.1. The maximum absolute atomic E-state index is 10.4. The Morgan fingerprint density at radius 2 is 2.14 bits per heavy atom. The summed E-state index contributed by atoms with van der Waals surface area (Å²) >= 11 is 8.48. The Hall–Kier alpha value is -1.51. The van der Waals surface area contributed by atoms with Crippen LogP contribution in [0, 0.1) is 4.84 Å². The van der Waals surface area contributed by atoms with Gasteiger partial charge in [-0.15, -0.1) is 5.10 Å². The molecular formula is C13H14BrN3O3S. The van der Waals surface area contributed by atoms with Crippen LogP contribution >= 0.6 is 28.1 Å². The largest absolute Gasteiger partial charge is 0.481 e. The molecule has 1 heterocycles. The number of carboxylic acid groups (broad SMARTS) is 1. The zero-order chi connectivity index (χ0) is 15.2. The third kappa shape index (κ3) is 4.76. The number of nitrogens with one attached hydrogen (secondary N) is 1. The minimum absolute atomic E-state index is 0.140. The highest BCUT2D eigenvalue weighted by molar-refractivity contribution is 9.10. The van der Waals surface area contributed by atoms with E-state index in [-0.39, 0.29) is 11.3 Å². The maximum atomic E-state index is 10.4. The monoisotopic (exact) mass is 371 g/mol. The van der Waals surface area contributed by atoms with E-state index in [0.29, 0.717) is 25.5 Å². The third-order valence-electron chi connectivity index (χ3n) is 2.70. The van der Waals surface area contributed by atoms with Gasteiger partial charge in [-0.1, -0.05) is 15.9 Å². The normalized spacial score (nSPS) is 10.7. The molecule has 0 unspecified atom stereocenters. The van der Waals surface area contributed by atoms with Crippen molar-refractivity contribution < 1.29 is 14.3 Å². The Balaban J connectivity index is 1.94. The van der Waals surface area contributed by atoms with Crippen LogP contribution in [0.5, 0.6) is 0 Å². The van der Waals surface area contributed by atoms with E-state index in [1.54, 1.807) is 0 Å². The Kier molecular flexibility index (Phi) is 5.66. The number of hydrogen-bond donors (Lipinski definition) is 2. The Labute approximate surface area is 134 Å². The molecule has 0 aliphatic rings. The summed E-state index contributed by atoms with van der Waals surface area (Å²) in [6.45, 7) is 0.965. The van der Waals surface area contributed by atoms with Gasteiger partial charge in [0.1, 0.15) is 0 Å². The summed E-state index contributed by atoms with van der Waals surface area (Å²) in [6, 6.07) is 7.57. The lowest BCUT2D eigenvalue weighted by atomic mass is 10.2. The second kappa shape index (κ2) is 7.48. The van der Waals surface area contributed by atoms with Gasteiger partial charge in [0.05, 0.1) is 6.67 Å². The summed E-state index contributed by atoms with van der Waals surface area (Å²) in [5.74, 6) is -0.341. The average Bonchev–Trinajstić information content (AvgIpc) is 2.80. The van der Waals surface area contributed by atoms with Crippen molar-refractivity contribution in [2.45, 2.75) is 19.5 Å². The second-order valence-corrected chi connectivity index (χ2v) is 5.60. The molecule has 0 atom stereocenters. The first-order chi connectivity index (χ1) is 10.1. The van der Waals surface area contributed by atoms with Crippen molar-refractivity contribution in [2.24, 2.45) is 0 Å². The standard InChI is InChI=1S/C13H14BrN3O3S/c14-10-5-3-9(4-6-10)12-16-17(13(21)20-12)8-15-7-1-2-11(18)19/h3-6,15H,1-2,7-8H2,(H,18,19). The highest BCUT2D eigenvalue weighted by Crippen LogP contribution is 2.20. The number of aromatic nitrogens is 2. The van der Waals surface area contributed by atoms with E-state index in [9.17, 15) is 4.79 Å². The molecule has 0 radical (unpaired) electrons. The Bertz CT molecular complexity index is 666. The first-order valence-electron chi connectivity index (χ1n) is 6.32. The highest BCUT2D eigenvalue weighted by Gasteiger charge is 2.07. The molecule has 21 heavy (non-hydrogen) atoms. The van der Waals surface area contributed by atoms with Crippen LogP contribution < -0.4 is 5.32 Å². The van der Waals surface area contributed by atoms with Crippen LogP contribution in [0.1, 0.15) is 12.8 Å². The van der Waals surface area contributed by atoms with E-state index in [1.807, 2.05) is 24.3 Å². The van der Waals surface area contributed by atoms with Crippen LogP contribution in [0.3, 0.4) is 0 Å². The third-order valence-corrected chi connectivity index (χ3v) is 3.53. The van der Waals surface area contributed by atoms with Crippen molar-refractivity contribution >= 4 is 34.1 Å². The molecule has 1 aromatic heterocycles. The number of carbonyl (C=O) groups is 1. The summed E-state index contributed by atoms with van der Waals surface area (Å²) in [5, 5.41) is 15.9. The summed E-state index contributed by atoms with van der Waals surface area (Å²) in [4.78, 5) is 10.7. The van der Waals surface area contributed by atoms with Crippen molar-refractivity contribution in [2.75, 3.05) is 6.54 Å². The summed E-state index contributed by atoms with van der Waals surface area (Å²) in [6.07, 6.45) is 0.696. The lowest BCUT2D eigenvalue weighted by Crippen LogP contribution is -2.21. The molecule has 8 heteroatoms. The van der Waals surface area contributed by atoms with Gasteiger partial charge in [0.2, 0.25) is 5.89 Å². The lowest BCUT2D eigenvalue weighted by molar-refractivity contribution is -0.137. The van der Waals surface area contributed by atoms with Crippen molar-refractivity contribution in [3.63, 3.8) is 0 Å². The predicted molar refractivity (Wildman–Crippen MR) is 83.3 cm³/mol. The smallest absolute Gasteiger partial charge is 0.303 e. The summed E-state index contributed by atoms with van der Waals surface area (Å²) in [5.41, 5.74) is 0.842. The molecule has 0 spiro atoms. The number of hydrogen-bond acceptors (Lipinski definition) is 5. The number of halogens is 1. The van der Waals surface area contributed by atoms with Crippen LogP contribution in [0.15, 0.2) is 33.2 Å². The Morgan fingerprint density at radius 1 is 1.43 bits per heavy atom. The molecular weight excluding hydrogens is 358 g/mol. The van der Waals surface area contributed by atoms with Gasteiger partial charge in [0, 0.05) is 16.5 Å². The summed E-state index contributed by atoms with van der Waals surface area (Å²) < 4.78 is 7.96. The van der Waals surface area contributed by atoms with Gasteiger partial charge in [0.15, 0.2) is 0 Å². The van der Waals surface area contributed by atoms with Gasteiger partial charge in [0.25, 0.3) is 4.84 Å². The van der Waals surface area contributed by atoms with Crippen molar-refractivity contribution in [3.8, 4) is 11.5 Å². The molecule has 0 amide bonds. The quantitative estimate of drug-likeness (QED) is 0.575. The first-order valence-corrected chi connectivity index (χ1v) is 7.53. The van der Waals surface area contributed by atoms with Gasteiger partial charge in [-0.25, -0.2) is 4.68 Å². The minimum Gasteiger partial charge on any atom is -0.481 e. The van der Waals surface area contributed by atoms with E-state index >= 15 is 0 Å². The Morgan fingerprint density at radius 3 is 2.81 bits per heavy atom. The van der Waals surface area contributed by atoms with Crippen LogP contribution in [0.4, 0.5) is 0 Å². The molecule has 0 fully saturated rings. The fourth-order valence-electron chi connectivity index (χ4n) is 1.66. The molecule has 2 aromatic rings. The van der Waals surface area contributed by atoms with Gasteiger partial charge in [-0.3, -0.25) is 10.1 Å². The SMILES string of the molecule is O=C(O)CCCNCn1nc(-c2ccc(Br)cc2)oc1=S. The van der Waals surface area contributed by atoms with E-state index in [1.165, 1.54) is 4.68 Å². The predicted octanol–water partition coefficient (Wildman–Crippen LogP) is 3.05. The molecule has 112 valence electrons. The fourth-order valence-corrected chi connectivity index (χ4v) is 2.11. The van der Waals surface area contributed by atoms with Gasteiger partial charge >= 0.3 is 5.97 Å². The fraction of sp³-hybridized carbons (Fsp3) is 0.308. The molecule has 0 aliphatic carbocycles. The topological polar surface area (TPSA) is 80.3 Å². The number of carboxylic acids is 1. The molecule has 2 rings (SSSR count). The number of benzene rings is 1. The molecule has 0 aliphatic heterocycles. The molecule has 0 saturated carbocycles. The van der Waals surface area contributed by atoms with Gasteiger partial charge < -0.3 is 9.52 Å². The maximum Gasteiger partial charge on any atom is 0.303 e. The number of nitrogens with zero attached hydrogens (tertiary/aromatic N) is 2. The van der Waals surface area contributed by atoms with Crippen molar-refractivity contribution in [1.82, 2.24) is 15.1 Å². The molecule has 2 N–H and O–H groups in total. The van der Waals surface area contributed by atoms with Crippen LogP contribution in [0.2, 0.25) is 0 Å². The van der Waals surface area contributed by atoms with Crippen LogP contribution in [-0.4, -0.2) is 27.4 Å². The van der Waals surface area contributed by atoms with E-state index in [4.69, 9.17) is 21.7 Å². The van der Waals surface area contributed by atoms with Gasteiger partial charge in [-0.2, -0.15) is 0 Å². The lowest BCUT2D eigenvalue weighted by Gasteiger charge is -2.02. The van der Waals surface area contributed by atoms with Crippen molar-refractivity contribution in [3.05, 3.63) is 33.6 Å². The first kappa shape index (κ1) is 15.9. The molecule has 0 saturated heterocycles. The average molecular weight is 372 g/mol. The van der Waals surface area contributed by atoms with Crippen LogP contribution in [-0.2, 0) is 11.5 Å². The molecule has 6 nitrogen and oxygen atoms in total. The number of aliphatic carboxylic acids is 1. The highest BCUT2D eigenvalue weighted by atomic mass is 79.9. The summed E-state index contributed by atoms with van der Waals surface area (Å²) in [7, 11) is 0. The molecule has 0 bridgehead atoms. The van der Waals surface area contributed by atoms with Crippen LogP contribution in [0.25, 0.3) is 11.5 Å². The minimum atomic E-state index is -0.799.